The van der Waals surface area contributed by atoms with Crippen LogP contribution in [-0.4, -0.2) is 15.3 Å². The monoisotopic (exact) mass is 1730 g/mol. The van der Waals surface area contributed by atoms with Crippen molar-refractivity contribution in [2.45, 2.75) is 55.2 Å². The van der Waals surface area contributed by atoms with E-state index in [0.717, 1.165) is 55.6 Å². The Morgan fingerprint density at radius 2 is 0.500 bits per heavy atom. The van der Waals surface area contributed by atoms with Crippen molar-refractivity contribution in [3.05, 3.63) is 414 Å². The van der Waals surface area contributed by atoms with Crippen molar-refractivity contribution in [1.82, 2.24) is 0 Å². The Kier molecular flexibility index (Phi) is 20.0. The summed E-state index contributed by atoms with van der Waals surface area (Å²) in [5.74, 6) is 4.03. The second-order valence-corrected chi connectivity index (χ2v) is 43.3. The zero-order chi connectivity index (χ0) is 87.5. The molecule has 4 aliphatic heterocycles. The van der Waals surface area contributed by atoms with Crippen molar-refractivity contribution in [2.24, 2.45) is 0 Å². The lowest BCUT2D eigenvalue weighted by Gasteiger charge is -2.42. The van der Waals surface area contributed by atoms with E-state index in [-0.39, 0.29) is 34.3 Å². The van der Waals surface area contributed by atoms with Crippen LogP contribution in [0.2, 0.25) is 0 Å². The smallest absolute Gasteiger partial charge is 0.292 e. The van der Waals surface area contributed by atoms with Crippen molar-refractivity contribution in [1.29, 1.82) is 0 Å². The fourth-order valence-electron chi connectivity index (χ4n) is 18.5. The van der Waals surface area contributed by atoms with Crippen LogP contribution in [0.3, 0.4) is 0 Å². The first-order valence-corrected chi connectivity index (χ1v) is 47.6. The molecule has 20 rings (SSSR count). The number of nitrogen functional groups attached to an aromatic ring is 4. The molecule has 0 fully saturated rings. The minimum Gasteiger partial charge on any atom is -0.508 e. The summed E-state index contributed by atoms with van der Waals surface area (Å²) in [5, 5.41) is 28.5. The second-order valence-electron chi connectivity index (χ2n) is 32.6. The van der Waals surface area contributed by atoms with Crippen LogP contribution in [0.15, 0.2) is 364 Å². The van der Waals surface area contributed by atoms with E-state index in [1.165, 1.54) is 18.2 Å². The molecule has 11 N–H and O–H groups in total. The van der Waals surface area contributed by atoms with Gasteiger partial charge in [0, 0.05) is 39.7 Å². The quantitative estimate of drug-likeness (QED) is 0.0269. The maximum absolute atomic E-state index is 16.0. The van der Waals surface area contributed by atoms with Crippen LogP contribution in [0, 0.1) is 6.92 Å². The number of anilines is 4. The summed E-state index contributed by atoms with van der Waals surface area (Å²) >= 11 is 0. The highest BCUT2D eigenvalue weighted by atomic mass is 31.2. The summed E-state index contributed by atoms with van der Waals surface area (Å²) < 4.78 is 103. The summed E-state index contributed by atoms with van der Waals surface area (Å²) in [6.07, 6.45) is 0. The number of benzene rings is 16. The van der Waals surface area contributed by atoms with Gasteiger partial charge in [-0.15, -0.1) is 0 Å². The fraction of sp³-hybridized carbons (Fsp3) is 0.0857. The number of aromatic hydroxyl groups is 3. The minimum absolute atomic E-state index is 0.00156. The molecule has 16 aromatic carbocycles. The topological polar surface area (TPSA) is 288 Å². The molecule has 16 aromatic rings. The zero-order valence-corrected chi connectivity index (χ0v) is 72.7. The normalized spacial score (nSPS) is 19.0. The van der Waals surface area contributed by atoms with Gasteiger partial charge in [-0.1, -0.05) is 224 Å². The molecule has 0 bridgehead atoms. The summed E-state index contributed by atoms with van der Waals surface area (Å²) in [7, 11) is -15.4. The summed E-state index contributed by atoms with van der Waals surface area (Å²) in [4.78, 5) is 0. The molecule has 624 valence electrons. The van der Waals surface area contributed by atoms with E-state index < -0.39 is 50.1 Å². The number of hydrogen-bond acceptors (Lipinski definition) is 17. The van der Waals surface area contributed by atoms with Gasteiger partial charge in [-0.2, -0.15) is 0 Å². The first-order chi connectivity index (χ1) is 60.7. The average Bonchev–Trinajstić information content (AvgIpc) is 0.717. The molecule has 0 saturated carbocycles. The largest absolute Gasteiger partial charge is 0.508 e. The van der Waals surface area contributed by atoms with Crippen LogP contribution in [0.1, 0.15) is 77.8 Å². The summed E-state index contributed by atoms with van der Waals surface area (Å²) in [5.41, 5.74) is 40.1. The van der Waals surface area contributed by atoms with Gasteiger partial charge in [-0.25, -0.2) is 0 Å². The number of nitrogens with two attached hydrogens (primary N) is 4. The maximum atomic E-state index is 16.0. The Bertz CT molecular complexity index is 6850. The number of aryl methyl sites for hydroxylation is 1. The molecule has 0 aromatic heterocycles. The number of para-hydroxylation sites is 4. The molecule has 0 spiro atoms. The van der Waals surface area contributed by atoms with Crippen molar-refractivity contribution in [2.75, 3.05) is 22.9 Å². The van der Waals surface area contributed by atoms with E-state index in [2.05, 4.69) is 0 Å². The molecule has 4 heterocycles. The fourth-order valence-corrected chi connectivity index (χ4v) is 30.4. The average molecular weight is 1740 g/mol. The van der Waals surface area contributed by atoms with Gasteiger partial charge in [0.05, 0.1) is 32.6 Å². The third kappa shape index (κ3) is 12.9. The van der Waals surface area contributed by atoms with Crippen LogP contribution in [0.5, 0.6) is 63.2 Å². The molecule has 0 saturated heterocycles. The Morgan fingerprint density at radius 1 is 0.254 bits per heavy atom. The summed E-state index contributed by atoms with van der Waals surface area (Å²) in [6, 6.07) is 111. The molecule has 0 aliphatic carbocycles. The molecule has 0 radical (unpaired) electrons. The second kappa shape index (κ2) is 31.0. The van der Waals surface area contributed by atoms with Crippen molar-refractivity contribution >= 4 is 73.4 Å². The first-order valence-electron chi connectivity index (χ1n) is 41.1. The molecule has 8 atom stereocenters. The molecule has 126 heavy (non-hydrogen) atoms. The Hall–Kier alpha value is -14.2. The third-order valence-corrected chi connectivity index (χ3v) is 38.1. The van der Waals surface area contributed by atoms with E-state index in [1.54, 1.807) is 36.4 Å². The Balaban J connectivity index is 0.000000165. The van der Waals surface area contributed by atoms with E-state index in [4.69, 9.17) is 50.5 Å². The van der Waals surface area contributed by atoms with E-state index in [9.17, 15) is 15.3 Å². The molecule has 8 unspecified atom stereocenters. The number of phenolic OH excluding ortho intramolecular Hbond substituents is 3. The van der Waals surface area contributed by atoms with Crippen LogP contribution < -0.4 is 71.7 Å². The Morgan fingerprint density at radius 3 is 0.786 bits per heavy atom. The highest BCUT2D eigenvalue weighted by Gasteiger charge is 2.59. The lowest BCUT2D eigenvalue weighted by Crippen LogP contribution is -2.35. The van der Waals surface area contributed by atoms with Crippen LogP contribution in [0.4, 0.5) is 22.7 Å². The number of hydrogen-bond donors (Lipinski definition) is 7. The molecule has 0 amide bonds. The Labute approximate surface area is 729 Å². The zero-order valence-electron chi connectivity index (χ0n) is 69.2. The molecule has 21 heteroatoms. The van der Waals surface area contributed by atoms with Gasteiger partial charge < -0.3 is 65.8 Å². The molecular formula is C105H86N4O13P4. The molecule has 4 aliphatic rings. The standard InChI is InChI=1S/C53H44N2O6P2.C52H42N2O7P2/c1-34-20-30-44(46(54)32-34)52(2,62(57)50-18-10-6-14-42(50)40-12-4-8-16-48(40)60-62)35-21-26-38(27-22-35)59-39-28-23-36(24-29-39)53(3,45-31-25-37(56)33-47(45)55)63(58)51-19-11-7-15-43(51)41-13-5-9-17-49(41)61-63;1-51(35-23-29-45(55)43(53)31-35,62(57)49-17-9-5-13-41(49)39-11-3-7-15-47(39)60-62)33-19-25-37(26-20-33)59-38-27-21-34(22-28-38)52(2,36-24-30-46(56)44(54)32-36)63(58)50-18-10-6-14-42(50)40-12-4-8-16-48(40)61-63/h4-33,56H,54-55H2,1-3H3;3-32,55-56H,53-54H2,1-2H3. The highest BCUT2D eigenvalue weighted by Crippen LogP contribution is 2.74. The van der Waals surface area contributed by atoms with Crippen molar-refractivity contribution in [3.63, 3.8) is 0 Å². The van der Waals surface area contributed by atoms with Crippen LogP contribution in [-0.2, 0) is 38.9 Å². The van der Waals surface area contributed by atoms with Gasteiger partial charge in [0.25, 0.3) is 29.5 Å². The number of rotatable bonds is 16. The number of fused-ring (bicyclic) bond motifs is 12. The van der Waals surface area contributed by atoms with Gasteiger partial charge in [-0.3, -0.25) is 18.3 Å². The predicted octanol–water partition coefficient (Wildman–Crippen LogP) is 24.4. The van der Waals surface area contributed by atoms with Crippen molar-refractivity contribution < 1.29 is 61.1 Å². The van der Waals surface area contributed by atoms with Gasteiger partial charge in [0.2, 0.25) is 0 Å². The van der Waals surface area contributed by atoms with Gasteiger partial charge in [0.1, 0.15) is 83.9 Å². The van der Waals surface area contributed by atoms with Crippen molar-refractivity contribution in [3.8, 4) is 108 Å². The number of phenols is 3. The maximum Gasteiger partial charge on any atom is 0.292 e. The molecule has 17 nitrogen and oxygen atoms in total. The molecular weight excluding hydrogens is 1650 g/mol. The predicted molar refractivity (Wildman–Crippen MR) is 504 cm³/mol. The summed E-state index contributed by atoms with van der Waals surface area (Å²) in [6.45, 7) is 9.58. The van der Waals surface area contributed by atoms with Crippen LogP contribution >= 0.6 is 29.5 Å². The lowest BCUT2D eigenvalue weighted by molar-refractivity contribution is 0.460. The van der Waals surface area contributed by atoms with Gasteiger partial charge in [-0.05, 0) is 240 Å². The first kappa shape index (κ1) is 81.5. The minimum atomic E-state index is -3.88. The number of ether oxygens (including phenoxy) is 2. The van der Waals surface area contributed by atoms with E-state index >= 15 is 18.3 Å². The highest BCUT2D eigenvalue weighted by molar-refractivity contribution is 7.70. The van der Waals surface area contributed by atoms with Crippen LogP contribution in [0.25, 0.3) is 44.5 Å². The van der Waals surface area contributed by atoms with E-state index in [0.29, 0.717) is 112 Å². The van der Waals surface area contributed by atoms with Gasteiger partial charge >= 0.3 is 0 Å². The SMILES string of the molecule is CC(c1ccc(Oc2ccc(C(C)(c3ccc(O)c(N)c3)P3(=O)Oc4ccccc4-c4ccccc43)cc2)cc1)(c1ccc(O)c(N)c1)P1(=O)Oc2ccccc2-c2ccccc21.Cc1ccc(C(C)(c2ccc(Oc3ccc(C(C)(c4ccc(O)cc4N)P4(=O)Oc5ccccc5-c5ccccc54)cc3)cc2)P2(=O)Oc3ccccc3-c3ccccc32)c(N)c1. The van der Waals surface area contributed by atoms with Gasteiger partial charge in [0.15, 0.2) is 0 Å². The third-order valence-electron chi connectivity index (χ3n) is 25.5. The lowest BCUT2D eigenvalue weighted by atomic mass is 9.90. The van der Waals surface area contributed by atoms with E-state index in [1.807, 2.05) is 344 Å².